The number of benzene rings is 1. The number of aliphatic carboxylic acids is 1. The summed E-state index contributed by atoms with van der Waals surface area (Å²) < 4.78 is 0. The molecule has 1 fully saturated rings. The van der Waals surface area contributed by atoms with E-state index in [9.17, 15) is 9.59 Å². The van der Waals surface area contributed by atoms with E-state index in [0.717, 1.165) is 43.0 Å². The Hall–Kier alpha value is -2.10. The smallest absolute Gasteiger partial charge is 0.328 e. The lowest BCUT2D eigenvalue weighted by Crippen LogP contribution is -2.33. The molecule has 0 unspecified atom stereocenters. The van der Waals surface area contributed by atoms with E-state index in [1.807, 2.05) is 24.0 Å². The van der Waals surface area contributed by atoms with Crippen molar-refractivity contribution in [2.45, 2.75) is 39.2 Å². The molecule has 4 nitrogen and oxygen atoms in total. The van der Waals surface area contributed by atoms with E-state index >= 15 is 0 Å². The molecule has 1 N–H and O–H groups in total. The van der Waals surface area contributed by atoms with Crippen molar-refractivity contribution in [1.29, 1.82) is 0 Å². The second kappa shape index (κ2) is 6.57. The molecule has 1 saturated carbocycles. The van der Waals surface area contributed by atoms with Gasteiger partial charge in [-0.3, -0.25) is 4.79 Å². The maximum atomic E-state index is 12.6. The number of carbonyl (C=O) groups excluding carboxylic acids is 1. The molecular formula is C17H21NO3. The van der Waals surface area contributed by atoms with Gasteiger partial charge in [-0.1, -0.05) is 13.0 Å². The molecule has 0 heterocycles. The van der Waals surface area contributed by atoms with Crippen LogP contribution in [0.15, 0.2) is 24.3 Å². The van der Waals surface area contributed by atoms with Crippen LogP contribution in [0.2, 0.25) is 0 Å². The Morgan fingerprint density at radius 1 is 1.33 bits per heavy atom. The summed E-state index contributed by atoms with van der Waals surface area (Å²) in [6, 6.07) is 5.89. The van der Waals surface area contributed by atoms with Crippen molar-refractivity contribution in [3.8, 4) is 0 Å². The quantitative estimate of drug-likeness (QED) is 0.818. The van der Waals surface area contributed by atoms with E-state index < -0.39 is 5.97 Å². The van der Waals surface area contributed by atoms with Gasteiger partial charge in [-0.15, -0.1) is 0 Å². The third-order valence-electron chi connectivity index (χ3n) is 3.48. The Morgan fingerprint density at radius 2 is 2.05 bits per heavy atom. The number of amides is 1. The third-order valence-corrected chi connectivity index (χ3v) is 3.48. The first-order valence-corrected chi connectivity index (χ1v) is 7.35. The zero-order valence-electron chi connectivity index (χ0n) is 12.5. The van der Waals surface area contributed by atoms with Gasteiger partial charge in [0.2, 0.25) is 0 Å². The Bertz CT molecular complexity index is 573. The van der Waals surface area contributed by atoms with Crippen molar-refractivity contribution in [2.24, 2.45) is 0 Å². The van der Waals surface area contributed by atoms with E-state index in [1.165, 1.54) is 6.08 Å². The van der Waals surface area contributed by atoms with Crippen LogP contribution >= 0.6 is 0 Å². The molecule has 1 aromatic rings. The highest BCUT2D eigenvalue weighted by Gasteiger charge is 2.32. The van der Waals surface area contributed by atoms with Crippen LogP contribution in [-0.4, -0.2) is 34.5 Å². The summed E-state index contributed by atoms with van der Waals surface area (Å²) in [4.78, 5) is 25.2. The number of rotatable bonds is 6. The van der Waals surface area contributed by atoms with Crippen LogP contribution in [-0.2, 0) is 4.79 Å². The fourth-order valence-electron chi connectivity index (χ4n) is 2.44. The summed E-state index contributed by atoms with van der Waals surface area (Å²) in [7, 11) is 0. The molecule has 1 aliphatic carbocycles. The molecule has 0 radical (unpaired) electrons. The second-order valence-electron chi connectivity index (χ2n) is 5.53. The largest absolute Gasteiger partial charge is 0.478 e. The molecule has 1 amide bonds. The van der Waals surface area contributed by atoms with E-state index in [1.54, 1.807) is 6.07 Å². The minimum atomic E-state index is -0.991. The molecule has 0 saturated heterocycles. The van der Waals surface area contributed by atoms with Gasteiger partial charge >= 0.3 is 5.97 Å². The first kappa shape index (κ1) is 15.3. The number of nitrogens with zero attached hydrogens (tertiary/aromatic N) is 1. The minimum absolute atomic E-state index is 0.0491. The normalized spacial score (nSPS) is 14.4. The highest BCUT2D eigenvalue weighted by atomic mass is 16.4. The maximum absolute atomic E-state index is 12.6. The molecule has 21 heavy (non-hydrogen) atoms. The molecule has 0 aromatic heterocycles. The predicted molar refractivity (Wildman–Crippen MR) is 82.2 cm³/mol. The Balaban J connectivity index is 2.25. The van der Waals surface area contributed by atoms with Crippen molar-refractivity contribution in [2.75, 3.05) is 6.54 Å². The molecule has 112 valence electrons. The monoisotopic (exact) mass is 287 g/mol. The van der Waals surface area contributed by atoms with Crippen LogP contribution in [0.25, 0.3) is 6.08 Å². The zero-order chi connectivity index (χ0) is 15.4. The van der Waals surface area contributed by atoms with Crippen molar-refractivity contribution < 1.29 is 14.7 Å². The summed E-state index contributed by atoms with van der Waals surface area (Å²) in [6.07, 6.45) is 5.73. The topological polar surface area (TPSA) is 57.6 Å². The molecule has 0 aliphatic heterocycles. The van der Waals surface area contributed by atoms with Crippen molar-refractivity contribution >= 4 is 18.0 Å². The lowest BCUT2D eigenvalue weighted by atomic mass is 10.0. The van der Waals surface area contributed by atoms with Gasteiger partial charge in [0.15, 0.2) is 0 Å². The SMILES string of the molecule is CCCN(C(=O)c1cc(C)cc(/C=C/C(=O)O)c1)C1CC1. The Labute approximate surface area is 125 Å². The average molecular weight is 287 g/mol. The number of carboxylic acids is 1. The summed E-state index contributed by atoms with van der Waals surface area (Å²) in [6.45, 7) is 4.76. The van der Waals surface area contributed by atoms with Gasteiger partial charge in [-0.2, -0.15) is 0 Å². The molecular weight excluding hydrogens is 266 g/mol. The summed E-state index contributed by atoms with van der Waals surface area (Å²) >= 11 is 0. The first-order valence-electron chi connectivity index (χ1n) is 7.35. The Kier molecular flexibility index (Phi) is 4.78. The molecule has 0 spiro atoms. The van der Waals surface area contributed by atoms with Crippen molar-refractivity contribution in [3.05, 3.63) is 41.0 Å². The van der Waals surface area contributed by atoms with Gasteiger partial charge in [-0.25, -0.2) is 4.79 Å². The first-order chi connectivity index (χ1) is 10.0. The standard InChI is InChI=1S/C17H21NO3/c1-3-8-18(15-5-6-15)17(21)14-10-12(2)9-13(11-14)4-7-16(19)20/h4,7,9-11,15H,3,5-6,8H2,1-2H3,(H,19,20)/b7-4+. The maximum Gasteiger partial charge on any atom is 0.328 e. The molecule has 2 rings (SSSR count). The summed E-state index contributed by atoms with van der Waals surface area (Å²) in [5.74, 6) is -0.942. The van der Waals surface area contributed by atoms with Gasteiger partial charge in [0.25, 0.3) is 5.91 Å². The minimum Gasteiger partial charge on any atom is -0.478 e. The molecule has 4 heteroatoms. The van der Waals surface area contributed by atoms with Crippen LogP contribution in [0.5, 0.6) is 0 Å². The summed E-state index contributed by atoms with van der Waals surface area (Å²) in [5, 5.41) is 8.70. The molecule has 1 aliphatic rings. The highest BCUT2D eigenvalue weighted by Crippen LogP contribution is 2.28. The van der Waals surface area contributed by atoms with Crippen molar-refractivity contribution in [1.82, 2.24) is 4.90 Å². The highest BCUT2D eigenvalue weighted by molar-refractivity contribution is 5.95. The van der Waals surface area contributed by atoms with Gasteiger partial charge in [-0.05, 0) is 55.5 Å². The lowest BCUT2D eigenvalue weighted by Gasteiger charge is -2.22. The van der Waals surface area contributed by atoms with E-state index in [-0.39, 0.29) is 5.91 Å². The van der Waals surface area contributed by atoms with Crippen LogP contribution < -0.4 is 0 Å². The Morgan fingerprint density at radius 3 is 2.62 bits per heavy atom. The fraction of sp³-hybridized carbons (Fsp3) is 0.412. The van der Waals surface area contributed by atoms with Crippen LogP contribution in [0.3, 0.4) is 0 Å². The van der Waals surface area contributed by atoms with E-state index in [0.29, 0.717) is 11.6 Å². The van der Waals surface area contributed by atoms with Gasteiger partial charge in [0, 0.05) is 24.2 Å². The second-order valence-corrected chi connectivity index (χ2v) is 5.53. The third kappa shape index (κ3) is 4.18. The van der Waals surface area contributed by atoms with E-state index in [4.69, 9.17) is 5.11 Å². The zero-order valence-corrected chi connectivity index (χ0v) is 12.5. The van der Waals surface area contributed by atoms with Crippen LogP contribution in [0, 0.1) is 6.92 Å². The molecule has 1 aromatic carbocycles. The number of carbonyl (C=O) groups is 2. The van der Waals surface area contributed by atoms with E-state index in [2.05, 4.69) is 6.92 Å². The lowest BCUT2D eigenvalue weighted by molar-refractivity contribution is -0.131. The van der Waals surface area contributed by atoms with Crippen molar-refractivity contribution in [3.63, 3.8) is 0 Å². The summed E-state index contributed by atoms with van der Waals surface area (Å²) in [5.41, 5.74) is 2.34. The number of carboxylic acid groups (broad SMARTS) is 1. The molecule has 0 bridgehead atoms. The van der Waals surface area contributed by atoms with Gasteiger partial charge < -0.3 is 10.0 Å². The number of hydrogen-bond acceptors (Lipinski definition) is 2. The fourth-order valence-corrected chi connectivity index (χ4v) is 2.44. The number of aryl methyl sites for hydroxylation is 1. The molecule has 0 atom stereocenters. The van der Waals surface area contributed by atoms with Crippen LogP contribution in [0.1, 0.15) is 47.7 Å². The van der Waals surface area contributed by atoms with Crippen LogP contribution in [0.4, 0.5) is 0 Å². The number of hydrogen-bond donors (Lipinski definition) is 1. The van der Waals surface area contributed by atoms with Gasteiger partial charge in [0.05, 0.1) is 0 Å². The predicted octanol–water partition coefficient (Wildman–Crippen LogP) is 3.11. The average Bonchev–Trinajstić information content (AvgIpc) is 3.25. The van der Waals surface area contributed by atoms with Gasteiger partial charge in [0.1, 0.15) is 0 Å².